The van der Waals surface area contributed by atoms with Crippen molar-refractivity contribution in [2.24, 2.45) is 0 Å². The first-order chi connectivity index (χ1) is 11.3. The van der Waals surface area contributed by atoms with Crippen LogP contribution in [0.5, 0.6) is 0 Å². The summed E-state index contributed by atoms with van der Waals surface area (Å²) in [5, 5.41) is 6.11. The van der Waals surface area contributed by atoms with E-state index >= 15 is 0 Å². The first-order valence-corrected chi connectivity index (χ1v) is 8.40. The number of nitrogens with zero attached hydrogens (tertiary/aromatic N) is 1. The van der Waals surface area contributed by atoms with Crippen molar-refractivity contribution in [3.63, 3.8) is 0 Å². The average Bonchev–Trinajstić information content (AvgIpc) is 3.15. The molecule has 0 radical (unpaired) electrons. The maximum atomic E-state index is 12.2. The summed E-state index contributed by atoms with van der Waals surface area (Å²) in [6.45, 7) is 1.80. The minimum atomic E-state index is -0.276. The largest absolute Gasteiger partial charge is 0.378 e. The third-order valence-electron chi connectivity index (χ3n) is 3.85. The van der Waals surface area contributed by atoms with Gasteiger partial charge in [-0.2, -0.15) is 0 Å². The Morgan fingerprint density at radius 3 is 2.91 bits per heavy atom. The number of rotatable bonds is 3. The zero-order valence-corrected chi connectivity index (χ0v) is 13.3. The molecule has 23 heavy (non-hydrogen) atoms. The molecule has 0 bridgehead atoms. The molecular formula is C17H17N3O2S. The van der Waals surface area contributed by atoms with Gasteiger partial charge in [-0.05, 0) is 11.6 Å². The SMILES string of the molecule is O=C(Nc1cc2sc(-c3ccccc3)cn2c1)[C@@H]1COCCN1. The summed E-state index contributed by atoms with van der Waals surface area (Å²) in [6, 6.07) is 12.0. The molecule has 3 heterocycles. The number of benzene rings is 1. The Kier molecular flexibility index (Phi) is 3.87. The molecule has 6 heteroatoms. The Bertz CT molecular complexity index is 787. The molecular weight excluding hydrogens is 310 g/mol. The van der Waals surface area contributed by atoms with Crippen molar-refractivity contribution < 1.29 is 9.53 Å². The van der Waals surface area contributed by atoms with Crippen LogP contribution in [0.15, 0.2) is 48.8 Å². The van der Waals surface area contributed by atoms with Crippen molar-refractivity contribution in [1.82, 2.24) is 9.72 Å². The molecule has 3 aromatic rings. The summed E-state index contributed by atoms with van der Waals surface area (Å²) in [5.74, 6) is -0.0498. The number of nitrogens with one attached hydrogen (secondary N) is 2. The quantitative estimate of drug-likeness (QED) is 0.777. The summed E-state index contributed by atoms with van der Waals surface area (Å²) < 4.78 is 7.37. The second kappa shape index (κ2) is 6.16. The van der Waals surface area contributed by atoms with Crippen LogP contribution in [0.4, 0.5) is 5.69 Å². The summed E-state index contributed by atoms with van der Waals surface area (Å²) >= 11 is 1.71. The molecule has 0 unspecified atom stereocenters. The molecule has 5 nitrogen and oxygen atoms in total. The van der Waals surface area contributed by atoms with E-state index in [4.69, 9.17) is 4.74 Å². The third-order valence-corrected chi connectivity index (χ3v) is 4.95. The van der Waals surface area contributed by atoms with Crippen LogP contribution in [0.3, 0.4) is 0 Å². The summed E-state index contributed by atoms with van der Waals surface area (Å²) in [7, 11) is 0. The van der Waals surface area contributed by atoms with Gasteiger partial charge < -0.3 is 19.8 Å². The Morgan fingerprint density at radius 2 is 2.17 bits per heavy atom. The molecule has 4 rings (SSSR count). The van der Waals surface area contributed by atoms with Crippen LogP contribution < -0.4 is 10.6 Å². The number of ether oxygens (including phenoxy) is 1. The van der Waals surface area contributed by atoms with Crippen molar-refractivity contribution >= 4 is 27.8 Å². The van der Waals surface area contributed by atoms with Crippen molar-refractivity contribution in [2.75, 3.05) is 25.1 Å². The van der Waals surface area contributed by atoms with Gasteiger partial charge >= 0.3 is 0 Å². The highest BCUT2D eigenvalue weighted by molar-refractivity contribution is 7.20. The van der Waals surface area contributed by atoms with Gasteiger partial charge in [0.2, 0.25) is 5.91 Å². The van der Waals surface area contributed by atoms with E-state index in [0.717, 1.165) is 10.5 Å². The van der Waals surface area contributed by atoms with Crippen molar-refractivity contribution in [3.05, 3.63) is 48.8 Å². The number of carbonyl (C=O) groups is 1. The lowest BCUT2D eigenvalue weighted by atomic mass is 10.2. The Balaban J connectivity index is 1.51. The number of fused-ring (bicyclic) bond motifs is 1. The highest BCUT2D eigenvalue weighted by Crippen LogP contribution is 2.31. The zero-order valence-electron chi connectivity index (χ0n) is 12.5. The van der Waals surface area contributed by atoms with Crippen LogP contribution in [-0.2, 0) is 9.53 Å². The number of amides is 1. The van der Waals surface area contributed by atoms with E-state index in [2.05, 4.69) is 29.0 Å². The molecule has 1 aromatic carbocycles. The molecule has 0 saturated carbocycles. The van der Waals surface area contributed by atoms with Gasteiger partial charge in [-0.15, -0.1) is 11.3 Å². The lowest BCUT2D eigenvalue weighted by Crippen LogP contribution is -2.48. The summed E-state index contributed by atoms with van der Waals surface area (Å²) in [6.07, 6.45) is 4.03. The number of carbonyl (C=O) groups excluding carboxylic acids is 1. The smallest absolute Gasteiger partial charge is 0.243 e. The van der Waals surface area contributed by atoms with Gasteiger partial charge in [0, 0.05) is 18.9 Å². The second-order valence-corrected chi connectivity index (χ2v) is 6.57. The van der Waals surface area contributed by atoms with Crippen LogP contribution in [0.2, 0.25) is 0 Å². The minimum Gasteiger partial charge on any atom is -0.378 e. The lowest BCUT2D eigenvalue weighted by Gasteiger charge is -2.22. The van der Waals surface area contributed by atoms with E-state index in [1.165, 1.54) is 10.4 Å². The first kappa shape index (κ1) is 14.4. The molecule has 0 aliphatic carbocycles. The molecule has 1 aliphatic heterocycles. The number of aromatic nitrogens is 1. The summed E-state index contributed by atoms with van der Waals surface area (Å²) in [4.78, 5) is 14.5. The Labute approximate surface area is 137 Å². The predicted molar refractivity (Wildman–Crippen MR) is 91.9 cm³/mol. The molecule has 1 atom stereocenters. The maximum absolute atomic E-state index is 12.2. The lowest BCUT2D eigenvalue weighted by molar-refractivity contribution is -0.120. The monoisotopic (exact) mass is 327 g/mol. The van der Waals surface area contributed by atoms with Gasteiger partial charge in [-0.3, -0.25) is 4.79 Å². The Morgan fingerprint density at radius 1 is 1.30 bits per heavy atom. The first-order valence-electron chi connectivity index (χ1n) is 7.58. The van der Waals surface area contributed by atoms with E-state index in [1.54, 1.807) is 11.3 Å². The van der Waals surface area contributed by atoms with Crippen molar-refractivity contribution in [3.8, 4) is 10.4 Å². The van der Waals surface area contributed by atoms with Gasteiger partial charge in [0.15, 0.2) is 0 Å². The van der Waals surface area contributed by atoms with E-state index in [0.29, 0.717) is 19.8 Å². The van der Waals surface area contributed by atoms with Crippen LogP contribution in [0.1, 0.15) is 0 Å². The Hall–Kier alpha value is -2.15. The molecule has 0 spiro atoms. The predicted octanol–water partition coefficient (Wildman–Crippen LogP) is 2.59. The number of thiazole rings is 1. The van der Waals surface area contributed by atoms with Gasteiger partial charge in [0.1, 0.15) is 10.9 Å². The van der Waals surface area contributed by atoms with Crippen LogP contribution in [0, 0.1) is 0 Å². The highest BCUT2D eigenvalue weighted by atomic mass is 32.1. The topological polar surface area (TPSA) is 54.8 Å². The van der Waals surface area contributed by atoms with E-state index in [-0.39, 0.29) is 11.9 Å². The molecule has 118 valence electrons. The second-order valence-electron chi connectivity index (χ2n) is 5.51. The normalized spacial score (nSPS) is 18.2. The van der Waals surface area contributed by atoms with Gasteiger partial charge in [0.05, 0.1) is 23.8 Å². The van der Waals surface area contributed by atoms with E-state index < -0.39 is 0 Å². The van der Waals surface area contributed by atoms with Crippen molar-refractivity contribution in [2.45, 2.75) is 6.04 Å². The fraction of sp³-hybridized carbons (Fsp3) is 0.235. The molecule has 1 amide bonds. The minimum absolute atomic E-state index is 0.0498. The molecule has 1 aliphatic rings. The average molecular weight is 327 g/mol. The number of anilines is 1. The maximum Gasteiger partial charge on any atom is 0.243 e. The number of morpholine rings is 1. The van der Waals surface area contributed by atoms with Crippen molar-refractivity contribution in [1.29, 1.82) is 0 Å². The third kappa shape index (κ3) is 3.01. The molecule has 2 aromatic heterocycles. The van der Waals surface area contributed by atoms with Crippen LogP contribution in [0.25, 0.3) is 15.3 Å². The molecule has 1 saturated heterocycles. The van der Waals surface area contributed by atoms with Gasteiger partial charge in [-0.1, -0.05) is 30.3 Å². The van der Waals surface area contributed by atoms with Gasteiger partial charge in [-0.25, -0.2) is 0 Å². The van der Waals surface area contributed by atoms with Gasteiger partial charge in [0.25, 0.3) is 0 Å². The summed E-state index contributed by atoms with van der Waals surface area (Å²) in [5.41, 5.74) is 2.02. The van der Waals surface area contributed by atoms with E-state index in [1.807, 2.05) is 34.9 Å². The van der Waals surface area contributed by atoms with Crippen LogP contribution in [-0.4, -0.2) is 36.1 Å². The fourth-order valence-corrected chi connectivity index (χ4v) is 3.72. The highest BCUT2D eigenvalue weighted by Gasteiger charge is 2.21. The zero-order chi connectivity index (χ0) is 15.6. The molecule has 2 N–H and O–H groups in total. The van der Waals surface area contributed by atoms with E-state index in [9.17, 15) is 4.79 Å². The number of hydrogen-bond acceptors (Lipinski definition) is 4. The molecule has 1 fully saturated rings. The standard InChI is InChI=1S/C17H17N3O2S/c21-17(14-11-22-7-6-18-14)19-13-8-16-20(9-13)10-15(23-16)12-4-2-1-3-5-12/h1-5,8-10,14,18H,6-7,11H2,(H,19,21)/t14-/m0/s1. The number of hydrogen-bond donors (Lipinski definition) is 2. The fourth-order valence-electron chi connectivity index (χ4n) is 2.67. The van der Waals surface area contributed by atoms with Crippen LogP contribution >= 0.6 is 11.3 Å².